The molecule has 8 nitrogen and oxygen atoms in total. The number of ether oxygens (including phenoxy) is 1. The zero-order valence-electron chi connectivity index (χ0n) is 18.6. The number of hydrogen-bond acceptors (Lipinski definition) is 7. The number of benzene rings is 1. The topological polar surface area (TPSA) is 101 Å². The predicted molar refractivity (Wildman–Crippen MR) is 127 cm³/mol. The Hall–Kier alpha value is -3.68. The first-order valence-corrected chi connectivity index (χ1v) is 10.9. The molecule has 3 rings (SSSR count). The molecule has 0 radical (unpaired) electrons. The van der Waals surface area contributed by atoms with Gasteiger partial charge in [0, 0.05) is 24.8 Å². The van der Waals surface area contributed by atoms with E-state index >= 15 is 0 Å². The number of hydrogen-bond donors (Lipinski definition) is 3. The SMILES string of the molecule is CCCCCOc1ccc(C(=O)NCCNc2ccc(Nc3cc(C)ccn3)nn2)cc1. The van der Waals surface area contributed by atoms with Gasteiger partial charge >= 0.3 is 0 Å². The van der Waals surface area contributed by atoms with Gasteiger partial charge in [0.2, 0.25) is 0 Å². The molecule has 0 aliphatic rings. The van der Waals surface area contributed by atoms with Crippen molar-refractivity contribution in [3.05, 3.63) is 65.9 Å². The van der Waals surface area contributed by atoms with Crippen LogP contribution in [0, 0.1) is 6.92 Å². The van der Waals surface area contributed by atoms with Crippen LogP contribution in [0.25, 0.3) is 0 Å². The first-order valence-electron chi connectivity index (χ1n) is 10.9. The van der Waals surface area contributed by atoms with Crippen molar-refractivity contribution >= 4 is 23.4 Å². The van der Waals surface area contributed by atoms with Gasteiger partial charge in [-0.15, -0.1) is 10.2 Å². The van der Waals surface area contributed by atoms with Crippen LogP contribution >= 0.6 is 0 Å². The molecule has 168 valence electrons. The number of rotatable bonds is 12. The van der Waals surface area contributed by atoms with Gasteiger partial charge in [0.1, 0.15) is 17.4 Å². The van der Waals surface area contributed by atoms with Crippen molar-refractivity contribution in [2.45, 2.75) is 33.1 Å². The summed E-state index contributed by atoms with van der Waals surface area (Å²) in [7, 11) is 0. The fourth-order valence-corrected chi connectivity index (χ4v) is 2.94. The number of carbonyl (C=O) groups is 1. The summed E-state index contributed by atoms with van der Waals surface area (Å²) in [6.07, 6.45) is 5.11. The lowest BCUT2D eigenvalue weighted by molar-refractivity contribution is 0.0955. The lowest BCUT2D eigenvalue weighted by Crippen LogP contribution is -2.28. The van der Waals surface area contributed by atoms with E-state index in [1.54, 1.807) is 18.3 Å². The lowest BCUT2D eigenvalue weighted by Gasteiger charge is -2.09. The molecule has 3 N–H and O–H groups in total. The van der Waals surface area contributed by atoms with Crippen molar-refractivity contribution < 1.29 is 9.53 Å². The van der Waals surface area contributed by atoms with Crippen LogP contribution in [-0.2, 0) is 0 Å². The Morgan fingerprint density at radius 3 is 2.44 bits per heavy atom. The minimum Gasteiger partial charge on any atom is -0.494 e. The van der Waals surface area contributed by atoms with Crippen LogP contribution in [0.4, 0.5) is 17.5 Å². The van der Waals surface area contributed by atoms with Crippen molar-refractivity contribution in [2.75, 3.05) is 30.3 Å². The molecule has 0 saturated heterocycles. The molecule has 0 bridgehead atoms. The zero-order valence-corrected chi connectivity index (χ0v) is 18.6. The Morgan fingerprint density at radius 1 is 0.938 bits per heavy atom. The van der Waals surface area contributed by atoms with Crippen LogP contribution in [0.5, 0.6) is 5.75 Å². The maximum absolute atomic E-state index is 12.3. The summed E-state index contributed by atoms with van der Waals surface area (Å²) in [6, 6.07) is 14.7. The van der Waals surface area contributed by atoms with Crippen molar-refractivity contribution in [1.29, 1.82) is 0 Å². The van der Waals surface area contributed by atoms with E-state index in [0.717, 1.165) is 36.4 Å². The molecule has 0 atom stereocenters. The molecular formula is C24H30N6O2. The van der Waals surface area contributed by atoms with Gasteiger partial charge < -0.3 is 20.7 Å². The second-order valence-electron chi connectivity index (χ2n) is 7.41. The third-order valence-electron chi connectivity index (χ3n) is 4.69. The van der Waals surface area contributed by atoms with E-state index in [1.807, 2.05) is 43.3 Å². The maximum atomic E-state index is 12.3. The van der Waals surface area contributed by atoms with Gasteiger partial charge in [-0.2, -0.15) is 0 Å². The molecule has 0 aliphatic carbocycles. The monoisotopic (exact) mass is 434 g/mol. The van der Waals surface area contributed by atoms with Gasteiger partial charge in [-0.3, -0.25) is 4.79 Å². The van der Waals surface area contributed by atoms with Crippen molar-refractivity contribution in [3.8, 4) is 5.75 Å². The second kappa shape index (κ2) is 12.2. The average molecular weight is 435 g/mol. The number of aromatic nitrogens is 3. The maximum Gasteiger partial charge on any atom is 0.251 e. The number of nitrogens with one attached hydrogen (secondary N) is 3. The molecule has 2 aromatic heterocycles. The molecule has 32 heavy (non-hydrogen) atoms. The number of amides is 1. The fraction of sp³-hybridized carbons (Fsp3) is 0.333. The quantitative estimate of drug-likeness (QED) is 0.365. The summed E-state index contributed by atoms with van der Waals surface area (Å²) in [6.45, 7) is 5.86. The molecule has 2 heterocycles. The first kappa shape index (κ1) is 23.0. The molecule has 0 fully saturated rings. The van der Waals surface area contributed by atoms with Gasteiger partial charge in [-0.25, -0.2) is 4.98 Å². The summed E-state index contributed by atoms with van der Waals surface area (Å²) in [4.78, 5) is 16.5. The fourth-order valence-electron chi connectivity index (χ4n) is 2.94. The highest BCUT2D eigenvalue weighted by Crippen LogP contribution is 2.14. The van der Waals surface area contributed by atoms with E-state index < -0.39 is 0 Å². The van der Waals surface area contributed by atoms with Crippen LogP contribution in [0.3, 0.4) is 0 Å². The zero-order chi connectivity index (χ0) is 22.6. The van der Waals surface area contributed by atoms with Gasteiger partial charge in [-0.1, -0.05) is 19.8 Å². The van der Waals surface area contributed by atoms with Crippen molar-refractivity contribution in [2.24, 2.45) is 0 Å². The van der Waals surface area contributed by atoms with E-state index in [9.17, 15) is 4.79 Å². The molecule has 8 heteroatoms. The highest BCUT2D eigenvalue weighted by Gasteiger charge is 2.05. The number of nitrogens with zero attached hydrogens (tertiary/aromatic N) is 3. The van der Waals surface area contributed by atoms with E-state index in [0.29, 0.717) is 36.9 Å². The van der Waals surface area contributed by atoms with Crippen LogP contribution in [-0.4, -0.2) is 40.8 Å². The lowest BCUT2D eigenvalue weighted by atomic mass is 10.2. The molecule has 1 amide bonds. The van der Waals surface area contributed by atoms with E-state index in [1.165, 1.54) is 0 Å². The number of anilines is 3. The van der Waals surface area contributed by atoms with Gasteiger partial charge in [0.05, 0.1) is 6.61 Å². The number of carbonyl (C=O) groups excluding carboxylic acids is 1. The van der Waals surface area contributed by atoms with Crippen LogP contribution in [0.15, 0.2) is 54.7 Å². The van der Waals surface area contributed by atoms with E-state index in [4.69, 9.17) is 4.74 Å². The van der Waals surface area contributed by atoms with Crippen LogP contribution in [0.1, 0.15) is 42.1 Å². The second-order valence-corrected chi connectivity index (χ2v) is 7.41. The van der Waals surface area contributed by atoms with Gasteiger partial charge in [0.15, 0.2) is 5.82 Å². The predicted octanol–water partition coefficient (Wildman–Crippen LogP) is 4.33. The number of pyridine rings is 1. The van der Waals surface area contributed by atoms with E-state index in [-0.39, 0.29) is 5.91 Å². The summed E-state index contributed by atoms with van der Waals surface area (Å²) in [5.41, 5.74) is 1.72. The third-order valence-corrected chi connectivity index (χ3v) is 4.69. The Morgan fingerprint density at radius 2 is 1.72 bits per heavy atom. The summed E-state index contributed by atoms with van der Waals surface area (Å²) < 4.78 is 5.67. The van der Waals surface area contributed by atoms with Gasteiger partial charge in [0.25, 0.3) is 5.91 Å². The normalized spacial score (nSPS) is 10.4. The molecule has 0 unspecified atom stereocenters. The number of aryl methyl sites for hydroxylation is 1. The Balaban J connectivity index is 1.37. The highest BCUT2D eigenvalue weighted by atomic mass is 16.5. The Bertz CT molecular complexity index is 977. The van der Waals surface area contributed by atoms with Crippen molar-refractivity contribution in [3.63, 3.8) is 0 Å². The van der Waals surface area contributed by atoms with Crippen LogP contribution < -0.4 is 20.7 Å². The Kier molecular flexibility index (Phi) is 8.80. The highest BCUT2D eigenvalue weighted by molar-refractivity contribution is 5.94. The Labute approximate surface area is 188 Å². The summed E-state index contributed by atoms with van der Waals surface area (Å²) in [5.74, 6) is 2.62. The van der Waals surface area contributed by atoms with E-state index in [2.05, 4.69) is 38.1 Å². The molecule has 3 aromatic rings. The largest absolute Gasteiger partial charge is 0.494 e. The average Bonchev–Trinajstić information content (AvgIpc) is 2.81. The molecule has 0 spiro atoms. The molecular weight excluding hydrogens is 404 g/mol. The number of unbranched alkanes of at least 4 members (excludes halogenated alkanes) is 2. The van der Waals surface area contributed by atoms with Crippen LogP contribution in [0.2, 0.25) is 0 Å². The van der Waals surface area contributed by atoms with Crippen molar-refractivity contribution in [1.82, 2.24) is 20.5 Å². The third kappa shape index (κ3) is 7.54. The minimum absolute atomic E-state index is 0.124. The molecule has 0 aliphatic heterocycles. The molecule has 0 saturated carbocycles. The first-order chi connectivity index (χ1) is 15.6. The minimum atomic E-state index is -0.124. The smallest absolute Gasteiger partial charge is 0.251 e. The summed E-state index contributed by atoms with van der Waals surface area (Å²) >= 11 is 0. The molecule has 1 aromatic carbocycles. The standard InChI is InChI=1S/C24H30N6O2/c1-3-4-5-16-32-20-8-6-19(7-9-20)24(31)27-15-14-26-21-10-11-22(30-29-21)28-23-17-18(2)12-13-25-23/h6-13,17H,3-5,14-16H2,1-2H3,(H,26,29)(H,27,31)(H,25,28,30). The van der Waals surface area contributed by atoms with Gasteiger partial charge in [-0.05, 0) is 67.4 Å². The summed E-state index contributed by atoms with van der Waals surface area (Å²) in [5, 5.41) is 17.4.